The van der Waals surface area contributed by atoms with Gasteiger partial charge in [0.1, 0.15) is 12.6 Å². The predicted molar refractivity (Wildman–Crippen MR) is 79.9 cm³/mol. The van der Waals surface area contributed by atoms with E-state index in [1.165, 1.54) is 7.05 Å². The molecule has 0 saturated heterocycles. The molecule has 1 amide bonds. The number of ether oxygens (including phenoxy) is 1. The smallest absolute Gasteiger partial charge is 0.410 e. The highest BCUT2D eigenvalue weighted by molar-refractivity contribution is 5.79. The van der Waals surface area contributed by atoms with Gasteiger partial charge in [-0.3, -0.25) is 4.90 Å². The Morgan fingerprint density at radius 1 is 1.24 bits per heavy atom. The fraction of sp³-hybridized carbons (Fsp3) is 0.500. The predicted octanol–water partition coefficient (Wildman–Crippen LogP) is 3.14. The normalized spacial score (nSPS) is 12.6. The van der Waals surface area contributed by atoms with Crippen LogP contribution in [0, 0.1) is 5.41 Å². The van der Waals surface area contributed by atoms with Gasteiger partial charge in [0.2, 0.25) is 0 Å². The Labute approximate surface area is 125 Å². The first kappa shape index (κ1) is 17.0. The monoisotopic (exact) mass is 293 g/mol. The van der Waals surface area contributed by atoms with Gasteiger partial charge in [0.05, 0.1) is 0 Å². The summed E-state index contributed by atoms with van der Waals surface area (Å²) >= 11 is 0. The number of aliphatic carboxylic acids is 1. The van der Waals surface area contributed by atoms with E-state index in [4.69, 9.17) is 4.74 Å². The summed E-state index contributed by atoms with van der Waals surface area (Å²) in [5.41, 5.74) is 0.666. The van der Waals surface area contributed by atoms with Crippen LogP contribution in [0.25, 0.3) is 0 Å². The van der Waals surface area contributed by atoms with Crippen LogP contribution in [0.5, 0.6) is 0 Å². The molecule has 1 atom stereocenters. The summed E-state index contributed by atoms with van der Waals surface area (Å²) in [4.78, 5) is 24.5. The van der Waals surface area contributed by atoms with Crippen molar-refractivity contribution >= 4 is 12.1 Å². The van der Waals surface area contributed by atoms with Gasteiger partial charge in [0.25, 0.3) is 0 Å². The van der Waals surface area contributed by atoms with Crippen LogP contribution in [-0.2, 0) is 16.1 Å². The molecule has 0 heterocycles. The average Bonchev–Trinajstić information content (AvgIpc) is 2.41. The van der Waals surface area contributed by atoms with Crippen molar-refractivity contribution < 1.29 is 19.4 Å². The molecule has 0 aliphatic carbocycles. The molecule has 0 bridgehead atoms. The topological polar surface area (TPSA) is 66.8 Å². The standard InChI is InChI=1S/C16H23NO4/c1-16(2,3)10-13(14(18)19)17(4)15(20)21-11-12-8-6-5-7-9-12/h5-9,13H,10-11H2,1-4H3,(H,18,19). The van der Waals surface area contributed by atoms with E-state index in [2.05, 4.69) is 0 Å². The molecular weight excluding hydrogens is 270 g/mol. The van der Waals surface area contributed by atoms with Gasteiger partial charge in [-0.15, -0.1) is 0 Å². The second kappa shape index (κ2) is 7.11. The Balaban J connectivity index is 2.64. The van der Waals surface area contributed by atoms with Gasteiger partial charge < -0.3 is 9.84 Å². The largest absolute Gasteiger partial charge is 0.480 e. The van der Waals surface area contributed by atoms with Crippen LogP contribution < -0.4 is 0 Å². The van der Waals surface area contributed by atoms with Crippen molar-refractivity contribution in [3.63, 3.8) is 0 Å². The van der Waals surface area contributed by atoms with Crippen LogP contribution in [0.1, 0.15) is 32.8 Å². The first-order valence-electron chi connectivity index (χ1n) is 6.87. The molecule has 116 valence electrons. The minimum Gasteiger partial charge on any atom is -0.480 e. The molecule has 1 aromatic carbocycles. The lowest BCUT2D eigenvalue weighted by molar-refractivity contribution is -0.143. The number of amides is 1. The highest BCUT2D eigenvalue weighted by Crippen LogP contribution is 2.23. The molecule has 1 aromatic rings. The summed E-state index contributed by atoms with van der Waals surface area (Å²) in [5, 5.41) is 9.29. The van der Waals surface area contributed by atoms with Crippen molar-refractivity contribution in [2.75, 3.05) is 7.05 Å². The van der Waals surface area contributed by atoms with Crippen LogP contribution in [0.15, 0.2) is 30.3 Å². The fourth-order valence-corrected chi connectivity index (χ4v) is 1.92. The molecular formula is C16H23NO4. The summed E-state index contributed by atoms with van der Waals surface area (Å²) in [6.07, 6.45) is -0.269. The lowest BCUT2D eigenvalue weighted by Gasteiger charge is -2.29. The molecule has 0 aliphatic heterocycles. The van der Waals surface area contributed by atoms with Crippen molar-refractivity contribution in [3.8, 4) is 0 Å². The summed E-state index contributed by atoms with van der Waals surface area (Å²) in [6.45, 7) is 5.94. The first-order chi connectivity index (χ1) is 9.70. The van der Waals surface area contributed by atoms with E-state index in [0.717, 1.165) is 10.5 Å². The van der Waals surface area contributed by atoms with E-state index in [1.807, 2.05) is 51.1 Å². The summed E-state index contributed by atoms with van der Waals surface area (Å²) in [5.74, 6) is -1.02. The molecule has 1 rings (SSSR count). The molecule has 0 radical (unpaired) electrons. The Hall–Kier alpha value is -2.04. The number of carboxylic acid groups (broad SMARTS) is 1. The molecule has 1 unspecified atom stereocenters. The molecule has 0 saturated carbocycles. The number of rotatable bonds is 5. The number of likely N-dealkylation sites (N-methyl/N-ethyl adjacent to an activating group) is 1. The second-order valence-electron chi connectivity index (χ2n) is 6.27. The molecule has 5 heteroatoms. The third-order valence-electron chi connectivity index (χ3n) is 3.05. The number of carbonyl (C=O) groups is 2. The van der Waals surface area contributed by atoms with Crippen LogP contribution in [0.2, 0.25) is 0 Å². The molecule has 0 aliphatic rings. The first-order valence-corrected chi connectivity index (χ1v) is 6.87. The van der Waals surface area contributed by atoms with Gasteiger partial charge in [0.15, 0.2) is 0 Å². The zero-order valence-corrected chi connectivity index (χ0v) is 13.0. The molecule has 1 N–H and O–H groups in total. The molecule has 0 fully saturated rings. The Morgan fingerprint density at radius 3 is 2.29 bits per heavy atom. The SMILES string of the molecule is CN(C(=O)OCc1ccccc1)C(CC(C)(C)C)C(=O)O. The molecule has 0 aromatic heterocycles. The second-order valence-corrected chi connectivity index (χ2v) is 6.27. The summed E-state index contributed by atoms with van der Waals surface area (Å²) in [7, 11) is 1.46. The van der Waals surface area contributed by atoms with Crippen LogP contribution in [0.4, 0.5) is 4.79 Å². The molecule has 0 spiro atoms. The minimum absolute atomic E-state index is 0.131. The number of carboxylic acids is 1. The van der Waals surface area contributed by atoms with E-state index in [1.54, 1.807) is 0 Å². The van der Waals surface area contributed by atoms with E-state index in [-0.39, 0.29) is 12.0 Å². The zero-order valence-electron chi connectivity index (χ0n) is 13.0. The van der Waals surface area contributed by atoms with E-state index < -0.39 is 18.1 Å². The van der Waals surface area contributed by atoms with E-state index >= 15 is 0 Å². The number of hydrogen-bond acceptors (Lipinski definition) is 3. The van der Waals surface area contributed by atoms with Gasteiger partial charge in [-0.1, -0.05) is 51.1 Å². The summed E-state index contributed by atoms with van der Waals surface area (Å²) < 4.78 is 5.16. The van der Waals surface area contributed by atoms with Gasteiger partial charge in [-0.25, -0.2) is 9.59 Å². The maximum Gasteiger partial charge on any atom is 0.410 e. The maximum atomic E-state index is 12.0. The lowest BCUT2D eigenvalue weighted by Crippen LogP contribution is -2.44. The minimum atomic E-state index is -1.02. The van der Waals surface area contributed by atoms with Gasteiger partial charge in [-0.05, 0) is 17.4 Å². The van der Waals surface area contributed by atoms with E-state index in [9.17, 15) is 14.7 Å². The number of hydrogen-bond donors (Lipinski definition) is 1. The molecule has 5 nitrogen and oxygen atoms in total. The van der Waals surface area contributed by atoms with Crippen LogP contribution in [-0.4, -0.2) is 35.2 Å². The maximum absolute atomic E-state index is 12.0. The van der Waals surface area contributed by atoms with Crippen LogP contribution >= 0.6 is 0 Å². The average molecular weight is 293 g/mol. The highest BCUT2D eigenvalue weighted by atomic mass is 16.6. The Morgan fingerprint density at radius 2 is 1.81 bits per heavy atom. The quantitative estimate of drug-likeness (QED) is 0.905. The number of benzene rings is 1. The third-order valence-corrected chi connectivity index (χ3v) is 3.05. The van der Waals surface area contributed by atoms with E-state index in [0.29, 0.717) is 6.42 Å². The van der Waals surface area contributed by atoms with Crippen molar-refractivity contribution in [3.05, 3.63) is 35.9 Å². The van der Waals surface area contributed by atoms with Gasteiger partial charge in [0, 0.05) is 7.05 Å². The van der Waals surface area contributed by atoms with Gasteiger partial charge >= 0.3 is 12.1 Å². The van der Waals surface area contributed by atoms with Crippen molar-refractivity contribution in [2.24, 2.45) is 5.41 Å². The number of nitrogens with zero attached hydrogens (tertiary/aromatic N) is 1. The summed E-state index contributed by atoms with van der Waals surface area (Å²) in [6, 6.07) is 8.38. The van der Waals surface area contributed by atoms with Crippen molar-refractivity contribution in [1.82, 2.24) is 4.90 Å². The fourth-order valence-electron chi connectivity index (χ4n) is 1.92. The van der Waals surface area contributed by atoms with Gasteiger partial charge in [-0.2, -0.15) is 0 Å². The molecule has 21 heavy (non-hydrogen) atoms. The Bertz CT molecular complexity index is 479. The van der Waals surface area contributed by atoms with Crippen LogP contribution in [0.3, 0.4) is 0 Å². The zero-order chi connectivity index (χ0) is 16.0. The Kier molecular flexibility index (Phi) is 5.76. The highest BCUT2D eigenvalue weighted by Gasteiger charge is 2.31. The number of carbonyl (C=O) groups excluding carboxylic acids is 1. The lowest BCUT2D eigenvalue weighted by atomic mass is 9.87. The van der Waals surface area contributed by atoms with Crippen molar-refractivity contribution in [1.29, 1.82) is 0 Å². The van der Waals surface area contributed by atoms with Crippen molar-refractivity contribution in [2.45, 2.75) is 39.8 Å². The third kappa shape index (κ3) is 5.85.